The topological polar surface area (TPSA) is 26.0 Å². The van der Waals surface area contributed by atoms with Crippen LogP contribution in [0.25, 0.3) is 0 Å². The Morgan fingerprint density at radius 2 is 2.36 bits per heavy atom. The molecule has 0 amide bonds. The van der Waals surface area contributed by atoms with Crippen LogP contribution in [0.2, 0.25) is 0 Å². The molecule has 0 aromatic carbocycles. The number of rotatable bonds is 2. The number of allylic oxidation sites excluding steroid dienone is 2. The molecule has 1 aliphatic carbocycles. The predicted octanol–water partition coefficient (Wildman–Crippen LogP) is -1.19. The van der Waals surface area contributed by atoms with Gasteiger partial charge in [-0.05, 0) is 13.3 Å². The predicted molar refractivity (Wildman–Crippen MR) is 43.4 cm³/mol. The fourth-order valence-corrected chi connectivity index (χ4v) is 0.987. The summed E-state index contributed by atoms with van der Waals surface area (Å²) >= 11 is 0. The molecule has 2 heteroatoms. The maximum absolute atomic E-state index is 5.97. The van der Waals surface area contributed by atoms with Crippen LogP contribution in [0.3, 0.4) is 0 Å². The van der Waals surface area contributed by atoms with Crippen molar-refractivity contribution in [3.05, 3.63) is 23.8 Å². The molecule has 2 N–H and O–H groups in total. The van der Waals surface area contributed by atoms with Gasteiger partial charge in [-0.15, -0.1) is 6.42 Å². The van der Waals surface area contributed by atoms with Crippen LogP contribution in [0.4, 0.5) is 0 Å². The van der Waals surface area contributed by atoms with Crippen LogP contribution in [0.15, 0.2) is 17.7 Å². The van der Waals surface area contributed by atoms with Gasteiger partial charge in [0.05, 0.1) is 0 Å². The van der Waals surface area contributed by atoms with Crippen LogP contribution in [0, 0.1) is 6.08 Å². The van der Waals surface area contributed by atoms with E-state index < -0.39 is 0 Å². The average molecular weight is 143 g/mol. The van der Waals surface area contributed by atoms with Crippen molar-refractivity contribution in [2.75, 3.05) is 0 Å². The largest absolute Gasteiger partial charge is 1.00 e. The van der Waals surface area contributed by atoms with Gasteiger partial charge in [0.1, 0.15) is 0 Å². The van der Waals surface area contributed by atoms with Gasteiger partial charge >= 0.3 is 18.9 Å². The van der Waals surface area contributed by atoms with E-state index in [-0.39, 0.29) is 24.4 Å². The Morgan fingerprint density at radius 1 is 1.73 bits per heavy atom. The van der Waals surface area contributed by atoms with Crippen molar-refractivity contribution >= 4 is 0 Å². The average Bonchev–Trinajstić information content (AvgIpc) is 2.38. The van der Waals surface area contributed by atoms with Crippen LogP contribution in [0.5, 0.6) is 0 Å². The van der Waals surface area contributed by atoms with Crippen molar-refractivity contribution in [2.24, 2.45) is 5.73 Å². The Balaban J connectivity index is 0.000001000. The molecule has 1 nitrogen and oxygen atoms in total. The SMILES string of the molecule is CCC(C)(N)C1=[C-]CC=C1.[Li+]. The van der Waals surface area contributed by atoms with Gasteiger partial charge in [0, 0.05) is 5.54 Å². The normalized spacial score (nSPS) is 20.5. The Hall–Kier alpha value is 0.0374. The first-order valence-corrected chi connectivity index (χ1v) is 3.73. The number of hydrogen-bond donors (Lipinski definition) is 1. The third kappa shape index (κ3) is 2.52. The van der Waals surface area contributed by atoms with Crippen molar-refractivity contribution in [1.29, 1.82) is 0 Å². The van der Waals surface area contributed by atoms with Gasteiger partial charge in [0.25, 0.3) is 0 Å². The third-order valence-electron chi connectivity index (χ3n) is 2.04. The summed E-state index contributed by atoms with van der Waals surface area (Å²) in [6.45, 7) is 4.14. The first-order valence-electron chi connectivity index (χ1n) is 3.73. The minimum atomic E-state index is -0.160. The van der Waals surface area contributed by atoms with E-state index in [0.717, 1.165) is 18.4 Å². The first kappa shape index (κ1) is 11.0. The van der Waals surface area contributed by atoms with Crippen molar-refractivity contribution in [1.82, 2.24) is 0 Å². The second-order valence-corrected chi connectivity index (χ2v) is 2.97. The van der Waals surface area contributed by atoms with Crippen LogP contribution in [0.1, 0.15) is 26.7 Å². The summed E-state index contributed by atoms with van der Waals surface area (Å²) in [7, 11) is 0. The molecule has 1 unspecified atom stereocenters. The van der Waals surface area contributed by atoms with E-state index in [1.807, 2.05) is 6.92 Å². The zero-order chi connectivity index (χ0) is 7.61. The smallest absolute Gasteiger partial charge is 0.324 e. The van der Waals surface area contributed by atoms with E-state index >= 15 is 0 Å². The van der Waals surface area contributed by atoms with E-state index in [9.17, 15) is 0 Å². The minimum absolute atomic E-state index is 0. The van der Waals surface area contributed by atoms with E-state index in [4.69, 9.17) is 5.73 Å². The van der Waals surface area contributed by atoms with Gasteiger partial charge in [0.15, 0.2) is 0 Å². The molecule has 56 valence electrons. The van der Waals surface area contributed by atoms with E-state index in [1.54, 1.807) is 0 Å². The number of nitrogens with two attached hydrogens (primary N) is 1. The molecule has 0 saturated carbocycles. The van der Waals surface area contributed by atoms with Crippen molar-refractivity contribution < 1.29 is 18.9 Å². The fraction of sp³-hybridized carbons (Fsp3) is 0.556. The summed E-state index contributed by atoms with van der Waals surface area (Å²) < 4.78 is 0. The van der Waals surface area contributed by atoms with Gasteiger partial charge < -0.3 is 5.73 Å². The van der Waals surface area contributed by atoms with Crippen LogP contribution in [-0.2, 0) is 0 Å². The van der Waals surface area contributed by atoms with Gasteiger partial charge in [0.2, 0.25) is 0 Å². The summed E-state index contributed by atoms with van der Waals surface area (Å²) in [5.74, 6) is 0. The zero-order valence-electron chi connectivity index (χ0n) is 7.65. The maximum Gasteiger partial charge on any atom is 1.00 e. The molecule has 0 heterocycles. The molecule has 0 fully saturated rings. The molecule has 1 aliphatic rings. The van der Waals surface area contributed by atoms with Gasteiger partial charge in [-0.3, -0.25) is 6.08 Å². The van der Waals surface area contributed by atoms with Crippen molar-refractivity contribution in [3.8, 4) is 0 Å². The van der Waals surface area contributed by atoms with Crippen LogP contribution < -0.4 is 24.6 Å². The quantitative estimate of drug-likeness (QED) is 0.381. The van der Waals surface area contributed by atoms with Crippen LogP contribution in [-0.4, -0.2) is 5.54 Å². The fourth-order valence-electron chi connectivity index (χ4n) is 0.987. The van der Waals surface area contributed by atoms with E-state index in [2.05, 4.69) is 25.2 Å². The molecular formula is C9H14LiN. The third-order valence-corrected chi connectivity index (χ3v) is 2.04. The molecule has 0 radical (unpaired) electrons. The summed E-state index contributed by atoms with van der Waals surface area (Å²) in [5.41, 5.74) is 6.97. The van der Waals surface area contributed by atoms with Gasteiger partial charge in [-0.25, -0.2) is 11.6 Å². The molecule has 0 bridgehead atoms. The second-order valence-electron chi connectivity index (χ2n) is 2.97. The Kier molecular flexibility index (Phi) is 4.17. The Morgan fingerprint density at radius 3 is 2.73 bits per heavy atom. The minimum Gasteiger partial charge on any atom is -0.324 e. The molecule has 0 aromatic rings. The van der Waals surface area contributed by atoms with Crippen molar-refractivity contribution in [2.45, 2.75) is 32.2 Å². The molecular weight excluding hydrogens is 129 g/mol. The Labute approximate surface area is 80.9 Å². The van der Waals surface area contributed by atoms with Crippen LogP contribution >= 0.6 is 0 Å². The summed E-state index contributed by atoms with van der Waals surface area (Å²) in [6.07, 6.45) is 9.30. The van der Waals surface area contributed by atoms with E-state index in [1.165, 1.54) is 0 Å². The molecule has 1 atom stereocenters. The standard InChI is InChI=1S/C9H14N.Li/c1-3-9(2,10)8-6-4-5-7-8;/h4,6H,3,5,10H2,1-2H3;/q-1;+1. The second kappa shape index (κ2) is 4.16. The maximum atomic E-state index is 5.97. The summed E-state index contributed by atoms with van der Waals surface area (Å²) in [6, 6.07) is 0. The zero-order valence-corrected chi connectivity index (χ0v) is 7.65. The van der Waals surface area contributed by atoms with Gasteiger partial charge in [-0.1, -0.05) is 6.92 Å². The molecule has 0 aromatic heterocycles. The van der Waals surface area contributed by atoms with Crippen molar-refractivity contribution in [3.63, 3.8) is 0 Å². The molecule has 0 aliphatic heterocycles. The number of hydrogen-bond acceptors (Lipinski definition) is 1. The molecule has 0 spiro atoms. The molecule has 1 rings (SSSR count). The Bertz CT molecular complexity index is 180. The molecule has 0 saturated heterocycles. The monoisotopic (exact) mass is 143 g/mol. The molecule has 11 heavy (non-hydrogen) atoms. The van der Waals surface area contributed by atoms with Gasteiger partial charge in [-0.2, -0.15) is 6.08 Å². The van der Waals surface area contributed by atoms with E-state index in [0.29, 0.717) is 0 Å². The summed E-state index contributed by atoms with van der Waals surface area (Å²) in [5, 5.41) is 0. The summed E-state index contributed by atoms with van der Waals surface area (Å²) in [4.78, 5) is 0. The first-order chi connectivity index (χ1) is 4.67.